The van der Waals surface area contributed by atoms with Crippen molar-refractivity contribution in [2.45, 2.75) is 83.9 Å². The molecule has 1 aromatic heterocycles. The van der Waals surface area contributed by atoms with Crippen LogP contribution in [0.3, 0.4) is 0 Å². The van der Waals surface area contributed by atoms with Gasteiger partial charge in [0.15, 0.2) is 0 Å². The summed E-state index contributed by atoms with van der Waals surface area (Å²) in [7, 11) is 0. The lowest BCUT2D eigenvalue weighted by Gasteiger charge is -2.29. The third-order valence-electron chi connectivity index (χ3n) is 5.91. The number of aryl methyl sites for hydroxylation is 1. The lowest BCUT2D eigenvalue weighted by atomic mass is 9.81. The van der Waals surface area contributed by atoms with Crippen LogP contribution in [0.4, 0.5) is 0 Å². The number of aromatic nitrogens is 2. The van der Waals surface area contributed by atoms with Gasteiger partial charge in [0.1, 0.15) is 0 Å². The van der Waals surface area contributed by atoms with Crippen molar-refractivity contribution in [3.8, 4) is 0 Å². The predicted molar refractivity (Wildman–Crippen MR) is 108 cm³/mol. The molecule has 4 N–H and O–H groups in total. The Balaban J connectivity index is 1.73. The van der Waals surface area contributed by atoms with Crippen LogP contribution in [0.2, 0.25) is 0 Å². The molecular formula is C21H38N4O2. The average Bonchev–Trinajstić information content (AvgIpc) is 3.17. The molecule has 6 heteroatoms. The number of amides is 1. The highest BCUT2D eigenvalue weighted by molar-refractivity contribution is 5.78. The molecule has 0 aliphatic heterocycles. The summed E-state index contributed by atoms with van der Waals surface area (Å²) in [5.74, 6) is 0.637. The molecule has 0 radical (unpaired) electrons. The van der Waals surface area contributed by atoms with Gasteiger partial charge in [-0.1, -0.05) is 46.0 Å². The number of nitrogens with one attached hydrogen (secondary N) is 1. The van der Waals surface area contributed by atoms with Crippen molar-refractivity contribution in [1.29, 1.82) is 0 Å². The van der Waals surface area contributed by atoms with Crippen LogP contribution in [-0.4, -0.2) is 39.3 Å². The SMILES string of the molecule is CC(C)[C@H](C[C@H](O)[C@@H](N)CC1CCCCC1)C(=O)NCCCn1ccnc1. The summed E-state index contributed by atoms with van der Waals surface area (Å²) in [6.45, 7) is 5.54. The minimum absolute atomic E-state index is 0.0274. The van der Waals surface area contributed by atoms with Crippen LogP contribution in [0.15, 0.2) is 18.7 Å². The van der Waals surface area contributed by atoms with Gasteiger partial charge in [0.25, 0.3) is 0 Å². The first-order valence-electron chi connectivity index (χ1n) is 10.6. The number of hydrogen-bond donors (Lipinski definition) is 3. The molecule has 1 saturated carbocycles. The number of nitrogens with zero attached hydrogens (tertiary/aromatic N) is 2. The van der Waals surface area contributed by atoms with E-state index < -0.39 is 6.10 Å². The van der Waals surface area contributed by atoms with E-state index in [1.807, 2.05) is 24.6 Å². The van der Waals surface area contributed by atoms with Gasteiger partial charge in [-0.05, 0) is 31.1 Å². The fraction of sp³-hybridized carbons (Fsp3) is 0.810. The Kier molecular flexibility index (Phi) is 9.28. The molecule has 0 unspecified atom stereocenters. The third-order valence-corrected chi connectivity index (χ3v) is 5.91. The summed E-state index contributed by atoms with van der Waals surface area (Å²) in [4.78, 5) is 16.6. The Labute approximate surface area is 163 Å². The highest BCUT2D eigenvalue weighted by Crippen LogP contribution is 2.28. The lowest BCUT2D eigenvalue weighted by molar-refractivity contribution is -0.127. The number of aliphatic hydroxyl groups is 1. The summed E-state index contributed by atoms with van der Waals surface area (Å²) in [6, 6.07) is -0.233. The van der Waals surface area contributed by atoms with Crippen LogP contribution >= 0.6 is 0 Å². The first-order valence-corrected chi connectivity index (χ1v) is 10.6. The van der Waals surface area contributed by atoms with Gasteiger partial charge in [-0.3, -0.25) is 4.79 Å². The summed E-state index contributed by atoms with van der Waals surface area (Å²) in [6.07, 6.45) is 13.4. The van der Waals surface area contributed by atoms with E-state index in [4.69, 9.17) is 5.73 Å². The van der Waals surface area contributed by atoms with Crippen molar-refractivity contribution in [2.24, 2.45) is 23.5 Å². The Morgan fingerprint density at radius 1 is 1.33 bits per heavy atom. The Morgan fingerprint density at radius 3 is 2.70 bits per heavy atom. The van der Waals surface area contributed by atoms with Crippen molar-refractivity contribution in [3.05, 3.63) is 18.7 Å². The molecule has 1 amide bonds. The van der Waals surface area contributed by atoms with E-state index in [9.17, 15) is 9.90 Å². The van der Waals surface area contributed by atoms with E-state index in [1.54, 1.807) is 12.5 Å². The van der Waals surface area contributed by atoms with Gasteiger partial charge in [0, 0.05) is 37.4 Å². The topological polar surface area (TPSA) is 93.2 Å². The molecular weight excluding hydrogens is 340 g/mol. The smallest absolute Gasteiger partial charge is 0.223 e. The number of nitrogens with two attached hydrogens (primary N) is 1. The molecule has 6 nitrogen and oxygen atoms in total. The molecule has 27 heavy (non-hydrogen) atoms. The molecule has 2 rings (SSSR count). The van der Waals surface area contributed by atoms with Crippen LogP contribution in [0.1, 0.15) is 65.2 Å². The maximum Gasteiger partial charge on any atom is 0.223 e. The van der Waals surface area contributed by atoms with E-state index in [1.165, 1.54) is 32.1 Å². The fourth-order valence-corrected chi connectivity index (χ4v) is 4.11. The molecule has 0 aromatic carbocycles. The van der Waals surface area contributed by atoms with Gasteiger partial charge in [-0.25, -0.2) is 4.98 Å². The first-order chi connectivity index (χ1) is 13.0. The molecule has 1 heterocycles. The minimum Gasteiger partial charge on any atom is -0.391 e. The normalized spacial score (nSPS) is 19.0. The predicted octanol–water partition coefficient (Wildman–Crippen LogP) is 2.71. The van der Waals surface area contributed by atoms with E-state index in [-0.39, 0.29) is 23.8 Å². The monoisotopic (exact) mass is 378 g/mol. The van der Waals surface area contributed by atoms with Gasteiger partial charge in [0.05, 0.1) is 12.4 Å². The Hall–Kier alpha value is -1.40. The standard InChI is InChI=1S/C21H38N4O2/c1-16(2)18(21(27)24-9-6-11-25-12-10-23-15-25)14-20(26)19(22)13-17-7-4-3-5-8-17/h10,12,15-20,26H,3-9,11,13-14,22H2,1-2H3,(H,24,27)/t18-,19-,20-/m0/s1. The van der Waals surface area contributed by atoms with Crippen LogP contribution < -0.4 is 11.1 Å². The summed E-state index contributed by atoms with van der Waals surface area (Å²) >= 11 is 0. The molecule has 0 spiro atoms. The Morgan fingerprint density at radius 2 is 2.07 bits per heavy atom. The van der Waals surface area contributed by atoms with Gasteiger partial charge in [-0.15, -0.1) is 0 Å². The van der Waals surface area contributed by atoms with Crippen LogP contribution in [0, 0.1) is 17.8 Å². The number of carbonyl (C=O) groups is 1. The molecule has 3 atom stereocenters. The highest BCUT2D eigenvalue weighted by atomic mass is 16.3. The second-order valence-electron chi connectivity index (χ2n) is 8.50. The van der Waals surface area contributed by atoms with E-state index in [0.29, 0.717) is 18.9 Å². The van der Waals surface area contributed by atoms with Crippen molar-refractivity contribution in [1.82, 2.24) is 14.9 Å². The average molecular weight is 379 g/mol. The van der Waals surface area contributed by atoms with Crippen LogP contribution in [0.25, 0.3) is 0 Å². The maximum absolute atomic E-state index is 12.6. The third kappa shape index (κ3) is 7.62. The zero-order valence-corrected chi connectivity index (χ0v) is 17.0. The zero-order chi connectivity index (χ0) is 19.6. The van der Waals surface area contributed by atoms with E-state index >= 15 is 0 Å². The van der Waals surface area contributed by atoms with Crippen molar-refractivity contribution >= 4 is 5.91 Å². The molecule has 0 bridgehead atoms. The van der Waals surface area contributed by atoms with Crippen molar-refractivity contribution < 1.29 is 9.90 Å². The van der Waals surface area contributed by atoms with E-state index in [0.717, 1.165) is 19.4 Å². The quantitative estimate of drug-likeness (QED) is 0.516. The summed E-state index contributed by atoms with van der Waals surface area (Å²) < 4.78 is 2.00. The zero-order valence-electron chi connectivity index (χ0n) is 17.0. The molecule has 1 aliphatic rings. The van der Waals surface area contributed by atoms with Gasteiger partial charge in [0.2, 0.25) is 5.91 Å². The second-order valence-corrected chi connectivity index (χ2v) is 8.50. The number of imidazole rings is 1. The number of hydrogen-bond acceptors (Lipinski definition) is 4. The first kappa shape index (κ1) is 21.9. The number of carbonyl (C=O) groups excluding carboxylic acids is 1. The molecule has 1 fully saturated rings. The molecule has 1 aliphatic carbocycles. The lowest BCUT2D eigenvalue weighted by Crippen LogP contribution is -2.42. The van der Waals surface area contributed by atoms with Gasteiger partial charge in [-0.2, -0.15) is 0 Å². The number of aliphatic hydroxyl groups excluding tert-OH is 1. The molecule has 154 valence electrons. The fourth-order valence-electron chi connectivity index (χ4n) is 4.11. The van der Waals surface area contributed by atoms with Crippen LogP contribution in [0.5, 0.6) is 0 Å². The molecule has 0 saturated heterocycles. The summed E-state index contributed by atoms with van der Waals surface area (Å²) in [5, 5.41) is 13.6. The van der Waals surface area contributed by atoms with E-state index in [2.05, 4.69) is 10.3 Å². The molecule has 1 aromatic rings. The van der Waals surface area contributed by atoms with Gasteiger partial charge >= 0.3 is 0 Å². The number of rotatable bonds is 11. The highest BCUT2D eigenvalue weighted by Gasteiger charge is 2.29. The van der Waals surface area contributed by atoms with Crippen molar-refractivity contribution in [3.63, 3.8) is 0 Å². The van der Waals surface area contributed by atoms with Crippen molar-refractivity contribution in [2.75, 3.05) is 6.54 Å². The largest absolute Gasteiger partial charge is 0.391 e. The Bertz CT molecular complexity index is 526. The second kappa shape index (κ2) is 11.4. The van der Waals surface area contributed by atoms with Gasteiger partial charge < -0.3 is 20.7 Å². The summed E-state index contributed by atoms with van der Waals surface area (Å²) in [5.41, 5.74) is 6.28. The minimum atomic E-state index is -0.615. The maximum atomic E-state index is 12.6. The van der Waals surface area contributed by atoms with Crippen LogP contribution in [-0.2, 0) is 11.3 Å².